The van der Waals surface area contributed by atoms with Crippen LogP contribution in [0.4, 0.5) is 15.4 Å². The quantitative estimate of drug-likeness (QED) is 0.855. The van der Waals surface area contributed by atoms with Crippen LogP contribution in [0.5, 0.6) is 0 Å². The van der Waals surface area contributed by atoms with Gasteiger partial charge in [0.1, 0.15) is 24.1 Å². The Hall–Kier alpha value is -2.42. The molecule has 0 spiro atoms. The van der Waals surface area contributed by atoms with Crippen molar-refractivity contribution in [1.29, 1.82) is 0 Å². The molecule has 9 heteroatoms. The standard InChI is InChI=1S/C17H25N3O6/c1-16(2,3)20-13(8-11(18-20)12-7-10(21)9-25-12)19(14(22)23)15(24)26-17(4,5)6/h8,12H,7,9H2,1-6H3,(H,22,23)/t12-/m0/s1. The van der Waals surface area contributed by atoms with Crippen molar-refractivity contribution in [3.8, 4) is 0 Å². The molecule has 1 aliphatic rings. The van der Waals surface area contributed by atoms with Crippen molar-refractivity contribution in [2.24, 2.45) is 0 Å². The number of carbonyl (C=O) groups is 3. The molecule has 144 valence electrons. The second kappa shape index (κ2) is 6.71. The highest BCUT2D eigenvalue weighted by Gasteiger charge is 2.36. The first-order valence-corrected chi connectivity index (χ1v) is 8.29. The van der Waals surface area contributed by atoms with Gasteiger partial charge in [0.25, 0.3) is 0 Å². The molecule has 1 aromatic rings. The average Bonchev–Trinajstić information content (AvgIpc) is 3.02. The number of aromatic nitrogens is 2. The van der Waals surface area contributed by atoms with Gasteiger partial charge in [-0.1, -0.05) is 0 Å². The van der Waals surface area contributed by atoms with E-state index in [1.165, 1.54) is 10.7 Å². The molecule has 1 fully saturated rings. The number of anilines is 1. The Morgan fingerprint density at radius 3 is 2.35 bits per heavy atom. The fourth-order valence-electron chi connectivity index (χ4n) is 2.48. The summed E-state index contributed by atoms with van der Waals surface area (Å²) in [6.07, 6.45) is -2.90. The normalized spacial score (nSPS) is 18.1. The van der Waals surface area contributed by atoms with Gasteiger partial charge in [0, 0.05) is 12.5 Å². The van der Waals surface area contributed by atoms with Crippen LogP contribution in [0.15, 0.2) is 6.07 Å². The topological polar surface area (TPSA) is 111 Å². The van der Waals surface area contributed by atoms with Crippen LogP contribution in [0.1, 0.15) is 59.8 Å². The molecule has 9 nitrogen and oxygen atoms in total. The SMILES string of the molecule is CC(C)(C)OC(=O)N(C(=O)O)c1cc([C@@H]2CC(=O)CO2)nn1C(C)(C)C. The lowest BCUT2D eigenvalue weighted by Crippen LogP contribution is -2.42. The molecule has 1 atom stereocenters. The molecule has 0 aliphatic carbocycles. The number of carbonyl (C=O) groups excluding carboxylic acids is 2. The van der Waals surface area contributed by atoms with Crippen molar-refractivity contribution in [2.45, 2.75) is 65.2 Å². The number of hydrogen-bond acceptors (Lipinski definition) is 6. The lowest BCUT2D eigenvalue weighted by atomic mass is 10.1. The Balaban J connectivity index is 2.49. The number of rotatable bonds is 2. The van der Waals surface area contributed by atoms with Crippen molar-refractivity contribution in [3.63, 3.8) is 0 Å². The molecule has 26 heavy (non-hydrogen) atoms. The van der Waals surface area contributed by atoms with E-state index in [2.05, 4.69) is 5.10 Å². The van der Waals surface area contributed by atoms with E-state index in [0.29, 0.717) is 10.6 Å². The number of imide groups is 1. The fraction of sp³-hybridized carbons (Fsp3) is 0.647. The number of amides is 2. The fourth-order valence-corrected chi connectivity index (χ4v) is 2.48. The van der Waals surface area contributed by atoms with Gasteiger partial charge in [-0.15, -0.1) is 0 Å². The molecule has 0 unspecified atom stereocenters. The summed E-state index contributed by atoms with van der Waals surface area (Å²) < 4.78 is 12.0. The minimum atomic E-state index is -1.49. The van der Waals surface area contributed by atoms with E-state index >= 15 is 0 Å². The van der Waals surface area contributed by atoms with Crippen molar-refractivity contribution in [3.05, 3.63) is 11.8 Å². The molecule has 1 saturated heterocycles. The molecule has 2 rings (SSSR count). The van der Waals surface area contributed by atoms with E-state index in [0.717, 1.165) is 0 Å². The van der Waals surface area contributed by atoms with E-state index in [4.69, 9.17) is 9.47 Å². The minimum Gasteiger partial charge on any atom is -0.464 e. The number of ketones is 1. The molecule has 0 bridgehead atoms. The van der Waals surface area contributed by atoms with Crippen LogP contribution in [-0.4, -0.2) is 45.1 Å². The van der Waals surface area contributed by atoms with Crippen LogP contribution in [0.25, 0.3) is 0 Å². The van der Waals surface area contributed by atoms with E-state index in [9.17, 15) is 19.5 Å². The predicted octanol–water partition coefficient (Wildman–Crippen LogP) is 3.09. The highest BCUT2D eigenvalue weighted by molar-refractivity contribution is 6.08. The zero-order valence-electron chi connectivity index (χ0n) is 15.9. The molecule has 1 aromatic heterocycles. The molecular weight excluding hydrogens is 342 g/mol. The maximum absolute atomic E-state index is 12.5. The molecule has 1 N–H and O–H groups in total. The Labute approximate surface area is 151 Å². The summed E-state index contributed by atoms with van der Waals surface area (Å²) in [6.45, 7) is 10.4. The van der Waals surface area contributed by atoms with Gasteiger partial charge in [0.05, 0.1) is 11.2 Å². The summed E-state index contributed by atoms with van der Waals surface area (Å²) in [5, 5.41) is 14.0. The molecule has 0 saturated carbocycles. The Bertz CT molecular complexity index is 726. The van der Waals surface area contributed by atoms with Gasteiger partial charge >= 0.3 is 12.2 Å². The number of hydrogen-bond donors (Lipinski definition) is 1. The number of ether oxygens (including phenoxy) is 2. The first kappa shape index (κ1) is 19.9. The van der Waals surface area contributed by atoms with Crippen molar-refractivity contribution in [1.82, 2.24) is 9.78 Å². The van der Waals surface area contributed by atoms with Crippen LogP contribution in [0, 0.1) is 0 Å². The lowest BCUT2D eigenvalue weighted by Gasteiger charge is -2.28. The van der Waals surface area contributed by atoms with Crippen molar-refractivity contribution >= 4 is 23.8 Å². The molecule has 2 heterocycles. The Kier molecular flexibility index (Phi) is 5.14. The second-order valence-corrected chi connectivity index (χ2v) is 8.15. The highest BCUT2D eigenvalue weighted by atomic mass is 16.6. The van der Waals surface area contributed by atoms with Gasteiger partial charge in [-0.3, -0.25) is 4.79 Å². The van der Waals surface area contributed by atoms with Gasteiger partial charge in [-0.05, 0) is 41.5 Å². The smallest absolute Gasteiger partial charge is 0.425 e. The Morgan fingerprint density at radius 2 is 1.92 bits per heavy atom. The van der Waals surface area contributed by atoms with Gasteiger partial charge in [0.15, 0.2) is 5.78 Å². The van der Waals surface area contributed by atoms with Gasteiger partial charge in [-0.25, -0.2) is 14.3 Å². The van der Waals surface area contributed by atoms with Gasteiger partial charge < -0.3 is 14.6 Å². The highest BCUT2D eigenvalue weighted by Crippen LogP contribution is 2.32. The number of nitrogens with zero attached hydrogens (tertiary/aromatic N) is 3. The van der Waals surface area contributed by atoms with Crippen LogP contribution in [-0.2, 0) is 19.8 Å². The zero-order valence-corrected chi connectivity index (χ0v) is 15.9. The predicted molar refractivity (Wildman–Crippen MR) is 92.3 cm³/mol. The molecule has 2 amide bonds. The number of Topliss-reactive ketones (excluding diaryl/α,β-unsaturated/α-hetero) is 1. The summed E-state index contributed by atoms with van der Waals surface area (Å²) >= 11 is 0. The van der Waals surface area contributed by atoms with E-state index in [1.54, 1.807) is 20.8 Å². The summed E-state index contributed by atoms with van der Waals surface area (Å²) in [6, 6.07) is 1.45. The molecule has 0 radical (unpaired) electrons. The molecule has 0 aromatic carbocycles. The first-order chi connectivity index (χ1) is 11.8. The van der Waals surface area contributed by atoms with E-state index in [1.807, 2.05) is 20.8 Å². The third kappa shape index (κ3) is 4.40. The monoisotopic (exact) mass is 367 g/mol. The third-order valence-corrected chi connectivity index (χ3v) is 3.53. The average molecular weight is 367 g/mol. The summed E-state index contributed by atoms with van der Waals surface area (Å²) in [5.41, 5.74) is -1.08. The summed E-state index contributed by atoms with van der Waals surface area (Å²) in [5.74, 6) is -0.0127. The summed E-state index contributed by atoms with van der Waals surface area (Å²) in [7, 11) is 0. The number of carboxylic acid groups (broad SMARTS) is 1. The first-order valence-electron chi connectivity index (χ1n) is 8.29. The second-order valence-electron chi connectivity index (χ2n) is 8.15. The minimum absolute atomic E-state index is 0.00289. The van der Waals surface area contributed by atoms with Gasteiger partial charge in [-0.2, -0.15) is 10.00 Å². The molecule has 1 aliphatic heterocycles. The maximum Gasteiger partial charge on any atom is 0.425 e. The van der Waals surface area contributed by atoms with Crippen LogP contribution >= 0.6 is 0 Å². The van der Waals surface area contributed by atoms with E-state index < -0.39 is 29.4 Å². The van der Waals surface area contributed by atoms with Crippen molar-refractivity contribution in [2.75, 3.05) is 11.5 Å². The van der Waals surface area contributed by atoms with Crippen LogP contribution in [0.2, 0.25) is 0 Å². The lowest BCUT2D eigenvalue weighted by molar-refractivity contribution is -0.117. The third-order valence-electron chi connectivity index (χ3n) is 3.53. The van der Waals surface area contributed by atoms with E-state index in [-0.39, 0.29) is 24.6 Å². The Morgan fingerprint density at radius 1 is 1.31 bits per heavy atom. The zero-order chi connectivity index (χ0) is 19.9. The maximum atomic E-state index is 12.5. The molecular formula is C17H25N3O6. The summed E-state index contributed by atoms with van der Waals surface area (Å²) in [4.78, 5) is 36.2. The van der Waals surface area contributed by atoms with Crippen LogP contribution < -0.4 is 4.90 Å². The van der Waals surface area contributed by atoms with Crippen LogP contribution in [0.3, 0.4) is 0 Å². The van der Waals surface area contributed by atoms with Crippen molar-refractivity contribution < 1.29 is 29.0 Å². The largest absolute Gasteiger partial charge is 0.464 e. The van der Waals surface area contributed by atoms with Gasteiger partial charge in [0.2, 0.25) is 0 Å².